The van der Waals surface area contributed by atoms with Gasteiger partial charge in [0.2, 0.25) is 5.91 Å². The number of aryl methyl sites for hydroxylation is 1. The lowest BCUT2D eigenvalue weighted by Gasteiger charge is -2.17. The minimum absolute atomic E-state index is 0.0113. The highest BCUT2D eigenvalue weighted by Gasteiger charge is 2.21. The Labute approximate surface area is 134 Å². The molecular weight excluding hydrogens is 290 g/mol. The summed E-state index contributed by atoms with van der Waals surface area (Å²) < 4.78 is 0. The van der Waals surface area contributed by atoms with Gasteiger partial charge in [0.25, 0.3) is 0 Å². The summed E-state index contributed by atoms with van der Waals surface area (Å²) in [7, 11) is 0. The van der Waals surface area contributed by atoms with Crippen LogP contribution in [0.5, 0.6) is 5.75 Å². The molecule has 0 saturated heterocycles. The maximum Gasteiger partial charge on any atom is 0.221 e. The smallest absolute Gasteiger partial charge is 0.221 e. The van der Waals surface area contributed by atoms with E-state index in [0.717, 1.165) is 28.8 Å². The summed E-state index contributed by atoms with van der Waals surface area (Å²) in [4.78, 5) is 23.6. The summed E-state index contributed by atoms with van der Waals surface area (Å²) in [5, 5.41) is 12.2. The Morgan fingerprint density at radius 3 is 2.57 bits per heavy atom. The van der Waals surface area contributed by atoms with Crippen LogP contribution in [0.25, 0.3) is 6.08 Å². The molecular formula is C19H17NO3. The first-order valence-corrected chi connectivity index (χ1v) is 7.48. The molecule has 2 aromatic rings. The molecule has 23 heavy (non-hydrogen) atoms. The predicted molar refractivity (Wildman–Crippen MR) is 89.5 cm³/mol. The second-order valence-electron chi connectivity index (χ2n) is 5.64. The number of phenolic OH excluding ortho intramolecular Hbond substituents is 1. The van der Waals surface area contributed by atoms with Crippen molar-refractivity contribution in [3.05, 3.63) is 64.7 Å². The Hall–Kier alpha value is -2.88. The van der Waals surface area contributed by atoms with Gasteiger partial charge in [-0.2, -0.15) is 0 Å². The third-order valence-corrected chi connectivity index (χ3v) is 3.86. The van der Waals surface area contributed by atoms with Crippen LogP contribution in [0.15, 0.2) is 48.0 Å². The molecule has 0 fully saturated rings. The summed E-state index contributed by atoms with van der Waals surface area (Å²) in [6.07, 6.45) is 3.28. The fraction of sp³-hybridized carbons (Fsp3) is 0.158. The number of phenols is 1. The van der Waals surface area contributed by atoms with Crippen LogP contribution in [0.2, 0.25) is 0 Å². The van der Waals surface area contributed by atoms with Crippen LogP contribution in [-0.4, -0.2) is 16.8 Å². The number of hydrogen-bond donors (Lipinski definition) is 2. The first kappa shape index (κ1) is 15.0. The summed E-state index contributed by atoms with van der Waals surface area (Å²) in [6, 6.07) is 12.3. The van der Waals surface area contributed by atoms with Crippen molar-refractivity contribution < 1.29 is 14.7 Å². The number of nitrogens with one attached hydrogen (secondary N) is 1. The molecule has 3 rings (SSSR count). The normalized spacial score (nSPS) is 15.3. The van der Waals surface area contributed by atoms with Gasteiger partial charge >= 0.3 is 0 Å². The number of fused-ring (bicyclic) bond motifs is 1. The van der Waals surface area contributed by atoms with Crippen molar-refractivity contribution in [2.75, 3.05) is 5.32 Å². The van der Waals surface area contributed by atoms with Crippen molar-refractivity contribution in [2.45, 2.75) is 19.8 Å². The molecule has 0 bridgehead atoms. The zero-order valence-electron chi connectivity index (χ0n) is 12.8. The molecule has 0 atom stereocenters. The van der Waals surface area contributed by atoms with Gasteiger partial charge in [0.1, 0.15) is 5.75 Å². The topological polar surface area (TPSA) is 66.4 Å². The molecule has 2 aromatic carbocycles. The predicted octanol–water partition coefficient (Wildman–Crippen LogP) is 3.56. The van der Waals surface area contributed by atoms with Crippen LogP contribution in [0.3, 0.4) is 0 Å². The molecule has 0 unspecified atom stereocenters. The van der Waals surface area contributed by atoms with Gasteiger partial charge in [-0.25, -0.2) is 0 Å². The fourth-order valence-corrected chi connectivity index (χ4v) is 2.77. The SMILES string of the molecule is CC(=O)Nc1ccc(/C=C2\CCc3cc(O)ccc3C2=O)cc1. The number of benzene rings is 2. The summed E-state index contributed by atoms with van der Waals surface area (Å²) in [5.41, 5.74) is 3.97. The van der Waals surface area contributed by atoms with Crippen LogP contribution in [0, 0.1) is 0 Å². The Kier molecular flexibility index (Phi) is 3.98. The highest BCUT2D eigenvalue weighted by molar-refractivity contribution is 6.13. The van der Waals surface area contributed by atoms with Crippen LogP contribution >= 0.6 is 0 Å². The lowest BCUT2D eigenvalue weighted by atomic mass is 9.86. The van der Waals surface area contributed by atoms with E-state index in [-0.39, 0.29) is 17.4 Å². The molecule has 0 aliphatic heterocycles. The van der Waals surface area contributed by atoms with E-state index in [0.29, 0.717) is 12.0 Å². The van der Waals surface area contributed by atoms with Crippen molar-refractivity contribution in [3.63, 3.8) is 0 Å². The minimum atomic E-state index is -0.113. The first-order valence-electron chi connectivity index (χ1n) is 7.48. The third-order valence-electron chi connectivity index (χ3n) is 3.86. The number of rotatable bonds is 2. The molecule has 1 aliphatic carbocycles. The van der Waals surface area contributed by atoms with Gasteiger partial charge in [-0.05, 0) is 60.4 Å². The highest BCUT2D eigenvalue weighted by atomic mass is 16.3. The second-order valence-corrected chi connectivity index (χ2v) is 5.64. The largest absolute Gasteiger partial charge is 0.508 e. The summed E-state index contributed by atoms with van der Waals surface area (Å²) in [6.45, 7) is 1.46. The Balaban J connectivity index is 1.84. The minimum Gasteiger partial charge on any atom is -0.508 e. The monoisotopic (exact) mass is 307 g/mol. The number of amides is 1. The van der Waals surface area contributed by atoms with E-state index in [1.165, 1.54) is 6.92 Å². The van der Waals surface area contributed by atoms with Crippen LogP contribution in [0.1, 0.15) is 34.8 Å². The molecule has 1 aliphatic rings. The van der Waals surface area contributed by atoms with Crippen LogP contribution < -0.4 is 5.32 Å². The van der Waals surface area contributed by atoms with Gasteiger partial charge in [0, 0.05) is 23.7 Å². The molecule has 0 spiro atoms. The quantitative estimate of drug-likeness (QED) is 0.834. The van der Waals surface area contributed by atoms with Gasteiger partial charge in [0.15, 0.2) is 5.78 Å². The van der Waals surface area contributed by atoms with Crippen molar-refractivity contribution in [3.8, 4) is 5.75 Å². The first-order chi connectivity index (χ1) is 11.0. The summed E-state index contributed by atoms with van der Waals surface area (Å²) in [5.74, 6) is 0.0909. The zero-order valence-corrected chi connectivity index (χ0v) is 12.8. The molecule has 4 nitrogen and oxygen atoms in total. The number of allylic oxidation sites excluding steroid dienone is 1. The molecule has 116 valence electrons. The maximum atomic E-state index is 12.5. The Morgan fingerprint density at radius 1 is 1.13 bits per heavy atom. The van der Waals surface area contributed by atoms with Crippen molar-refractivity contribution in [1.29, 1.82) is 0 Å². The van der Waals surface area contributed by atoms with Gasteiger partial charge in [-0.15, -0.1) is 0 Å². The van der Waals surface area contributed by atoms with Crippen LogP contribution in [-0.2, 0) is 11.2 Å². The lowest BCUT2D eigenvalue weighted by Crippen LogP contribution is -2.13. The standard InChI is InChI=1S/C19H17NO3/c1-12(21)20-16-6-2-13(3-7-16)10-15-5-4-14-11-17(22)8-9-18(14)19(15)23/h2-3,6-11,22H,4-5H2,1H3,(H,20,21)/b15-10+. The second kappa shape index (κ2) is 6.08. The van der Waals surface area contributed by atoms with E-state index < -0.39 is 0 Å². The molecule has 0 aromatic heterocycles. The van der Waals surface area contributed by atoms with Gasteiger partial charge in [-0.3, -0.25) is 9.59 Å². The number of ketones is 1. The summed E-state index contributed by atoms with van der Waals surface area (Å²) >= 11 is 0. The molecule has 0 heterocycles. The van der Waals surface area contributed by atoms with Gasteiger partial charge in [-0.1, -0.05) is 12.1 Å². The maximum absolute atomic E-state index is 12.5. The highest BCUT2D eigenvalue weighted by Crippen LogP contribution is 2.29. The zero-order chi connectivity index (χ0) is 16.4. The molecule has 4 heteroatoms. The number of anilines is 1. The number of Topliss-reactive ketones (excluding diaryl/α,β-unsaturated/α-hetero) is 1. The molecule has 0 saturated carbocycles. The number of carbonyl (C=O) groups is 2. The van der Waals surface area contributed by atoms with E-state index in [1.54, 1.807) is 18.2 Å². The van der Waals surface area contributed by atoms with Gasteiger partial charge in [0.05, 0.1) is 0 Å². The number of hydrogen-bond acceptors (Lipinski definition) is 3. The van der Waals surface area contributed by atoms with Crippen LogP contribution in [0.4, 0.5) is 5.69 Å². The Morgan fingerprint density at radius 2 is 1.87 bits per heavy atom. The molecule has 2 N–H and O–H groups in total. The lowest BCUT2D eigenvalue weighted by molar-refractivity contribution is -0.114. The van der Waals surface area contributed by atoms with Gasteiger partial charge < -0.3 is 10.4 Å². The average Bonchev–Trinajstić information content (AvgIpc) is 2.51. The van der Waals surface area contributed by atoms with E-state index in [2.05, 4.69) is 5.32 Å². The van der Waals surface area contributed by atoms with Crippen molar-refractivity contribution in [2.24, 2.45) is 0 Å². The fourth-order valence-electron chi connectivity index (χ4n) is 2.77. The van der Waals surface area contributed by atoms with Crippen molar-refractivity contribution >= 4 is 23.5 Å². The number of aromatic hydroxyl groups is 1. The molecule has 1 amide bonds. The number of carbonyl (C=O) groups excluding carboxylic acids is 2. The third kappa shape index (κ3) is 3.31. The van der Waals surface area contributed by atoms with E-state index >= 15 is 0 Å². The molecule has 0 radical (unpaired) electrons. The van der Waals surface area contributed by atoms with Crippen molar-refractivity contribution in [1.82, 2.24) is 0 Å². The average molecular weight is 307 g/mol. The van der Waals surface area contributed by atoms with E-state index in [4.69, 9.17) is 0 Å². The Bertz CT molecular complexity index is 804. The van der Waals surface area contributed by atoms with E-state index in [1.807, 2.05) is 30.3 Å². The van der Waals surface area contributed by atoms with E-state index in [9.17, 15) is 14.7 Å².